The van der Waals surface area contributed by atoms with Gasteiger partial charge in [-0.25, -0.2) is 9.98 Å². The Morgan fingerprint density at radius 3 is 2.79 bits per heavy atom. The Morgan fingerprint density at radius 1 is 1.07 bits per heavy atom. The van der Waals surface area contributed by atoms with Crippen LogP contribution in [0, 0.1) is 0 Å². The molecule has 0 radical (unpaired) electrons. The second-order valence-electron chi connectivity index (χ2n) is 7.61. The minimum atomic E-state index is 0.312. The molecule has 1 aliphatic carbocycles. The Morgan fingerprint density at radius 2 is 1.89 bits per heavy atom. The van der Waals surface area contributed by atoms with Crippen LogP contribution in [0.3, 0.4) is 0 Å². The zero-order chi connectivity index (χ0) is 18.8. The lowest BCUT2D eigenvalue weighted by molar-refractivity contribution is 0.453. The summed E-state index contributed by atoms with van der Waals surface area (Å²) in [5.41, 5.74) is 3.73. The normalized spacial score (nSPS) is 19.5. The highest BCUT2D eigenvalue weighted by atomic mass is 32.2. The fourth-order valence-corrected chi connectivity index (χ4v) is 6.20. The molecule has 2 aliphatic rings. The first kappa shape index (κ1) is 18.0. The lowest BCUT2D eigenvalue weighted by Crippen LogP contribution is -2.40. The minimum Gasteiger partial charge on any atom is -0.361 e. The van der Waals surface area contributed by atoms with E-state index in [4.69, 9.17) is 4.99 Å². The van der Waals surface area contributed by atoms with Gasteiger partial charge >= 0.3 is 0 Å². The van der Waals surface area contributed by atoms with Crippen molar-refractivity contribution in [3.63, 3.8) is 0 Å². The molecule has 144 valence electrons. The van der Waals surface area contributed by atoms with E-state index in [0.717, 1.165) is 40.2 Å². The molecule has 28 heavy (non-hydrogen) atoms. The molecular weight excluding hydrogens is 384 g/mol. The second kappa shape index (κ2) is 7.76. The van der Waals surface area contributed by atoms with Gasteiger partial charge in [-0.3, -0.25) is 0 Å². The summed E-state index contributed by atoms with van der Waals surface area (Å²) in [6.45, 7) is 0.853. The van der Waals surface area contributed by atoms with Gasteiger partial charge in [0.05, 0.1) is 15.9 Å². The molecule has 0 amide bonds. The van der Waals surface area contributed by atoms with Crippen molar-refractivity contribution in [1.29, 1.82) is 0 Å². The fraction of sp³-hybridized carbons (Fsp3) is 0.364. The number of hydrogen-bond acceptors (Lipinski definition) is 5. The second-order valence-corrected chi connectivity index (χ2v) is 9.60. The average molecular weight is 409 g/mol. The van der Waals surface area contributed by atoms with Crippen molar-refractivity contribution in [2.24, 2.45) is 4.99 Å². The van der Waals surface area contributed by atoms with Crippen LogP contribution in [0.2, 0.25) is 0 Å². The van der Waals surface area contributed by atoms with E-state index in [1.165, 1.54) is 35.9 Å². The van der Waals surface area contributed by atoms with Gasteiger partial charge in [-0.05, 0) is 43.0 Å². The first-order valence-corrected chi connectivity index (χ1v) is 11.8. The van der Waals surface area contributed by atoms with Crippen LogP contribution in [-0.2, 0) is 6.42 Å². The molecule has 2 aromatic carbocycles. The molecule has 5 rings (SSSR count). The van der Waals surface area contributed by atoms with Crippen molar-refractivity contribution < 1.29 is 0 Å². The SMILES string of the molecule is c1ccc(/N=C2\NC3(CCCC3)CS2)c(CCNc2nc3ccccc3s2)c1. The highest BCUT2D eigenvalue weighted by Crippen LogP contribution is 2.38. The molecule has 1 saturated heterocycles. The zero-order valence-electron chi connectivity index (χ0n) is 15.8. The number of aliphatic imine (C=N–C) groups is 1. The zero-order valence-corrected chi connectivity index (χ0v) is 17.4. The summed E-state index contributed by atoms with van der Waals surface area (Å²) < 4.78 is 1.22. The van der Waals surface area contributed by atoms with Crippen LogP contribution in [0.4, 0.5) is 10.8 Å². The number of aromatic nitrogens is 1. The smallest absolute Gasteiger partial charge is 0.183 e. The Kier molecular flexibility index (Phi) is 4.99. The maximum Gasteiger partial charge on any atom is 0.183 e. The molecule has 6 heteroatoms. The molecule has 1 aromatic heterocycles. The molecule has 2 N–H and O–H groups in total. The first-order valence-electron chi connectivity index (χ1n) is 9.97. The number of benzene rings is 2. The summed E-state index contributed by atoms with van der Waals surface area (Å²) in [6.07, 6.45) is 6.18. The quantitative estimate of drug-likeness (QED) is 0.578. The Hall–Kier alpha value is -2.05. The number of thiazole rings is 1. The summed E-state index contributed by atoms with van der Waals surface area (Å²) in [4.78, 5) is 9.62. The molecule has 0 unspecified atom stereocenters. The molecule has 1 spiro atoms. The van der Waals surface area contributed by atoms with E-state index >= 15 is 0 Å². The van der Waals surface area contributed by atoms with Crippen LogP contribution in [0.5, 0.6) is 0 Å². The summed E-state index contributed by atoms with van der Waals surface area (Å²) in [5, 5.41) is 9.29. The lowest BCUT2D eigenvalue weighted by Gasteiger charge is -2.21. The molecule has 2 heterocycles. The number of anilines is 1. The topological polar surface area (TPSA) is 49.3 Å². The van der Waals surface area contributed by atoms with E-state index in [0.29, 0.717) is 5.54 Å². The van der Waals surface area contributed by atoms with Crippen LogP contribution in [0.1, 0.15) is 31.2 Å². The monoisotopic (exact) mass is 408 g/mol. The lowest BCUT2D eigenvalue weighted by atomic mass is 10.0. The van der Waals surface area contributed by atoms with Crippen LogP contribution >= 0.6 is 23.1 Å². The van der Waals surface area contributed by atoms with Crippen molar-refractivity contribution in [2.45, 2.75) is 37.6 Å². The van der Waals surface area contributed by atoms with Crippen molar-refractivity contribution in [2.75, 3.05) is 17.6 Å². The highest BCUT2D eigenvalue weighted by molar-refractivity contribution is 8.14. The number of amidine groups is 1. The van der Waals surface area contributed by atoms with E-state index in [9.17, 15) is 0 Å². The van der Waals surface area contributed by atoms with Gasteiger partial charge in [-0.1, -0.05) is 66.3 Å². The van der Waals surface area contributed by atoms with Crippen LogP contribution in [-0.4, -0.2) is 28.0 Å². The Balaban J connectivity index is 1.25. The third-order valence-electron chi connectivity index (χ3n) is 5.60. The molecule has 0 bridgehead atoms. The molecular formula is C22H24N4S2. The first-order chi connectivity index (χ1) is 13.8. The maximum absolute atomic E-state index is 4.97. The molecule has 4 nitrogen and oxygen atoms in total. The van der Waals surface area contributed by atoms with Gasteiger partial charge in [0.1, 0.15) is 0 Å². The van der Waals surface area contributed by atoms with E-state index in [1.807, 2.05) is 17.8 Å². The third-order valence-corrected chi connectivity index (χ3v) is 7.75. The third kappa shape index (κ3) is 3.76. The predicted molar refractivity (Wildman–Crippen MR) is 122 cm³/mol. The highest BCUT2D eigenvalue weighted by Gasteiger charge is 2.39. The van der Waals surface area contributed by atoms with Crippen molar-refractivity contribution in [3.05, 3.63) is 54.1 Å². The largest absolute Gasteiger partial charge is 0.361 e. The predicted octanol–water partition coefficient (Wildman–Crippen LogP) is 5.59. The number of para-hydroxylation sites is 2. The number of nitrogens with one attached hydrogen (secondary N) is 2. The van der Waals surface area contributed by atoms with E-state index < -0.39 is 0 Å². The van der Waals surface area contributed by atoms with Crippen molar-refractivity contribution in [1.82, 2.24) is 10.3 Å². The average Bonchev–Trinajstić information content (AvgIpc) is 3.44. The van der Waals surface area contributed by atoms with Gasteiger partial charge in [-0.2, -0.15) is 0 Å². The maximum atomic E-state index is 4.97. The molecule has 0 atom stereocenters. The van der Waals surface area contributed by atoms with Gasteiger partial charge in [0.2, 0.25) is 0 Å². The molecule has 1 aliphatic heterocycles. The molecule has 3 aromatic rings. The van der Waals surface area contributed by atoms with E-state index in [1.54, 1.807) is 11.3 Å². The number of rotatable bonds is 5. The number of fused-ring (bicyclic) bond motifs is 1. The summed E-state index contributed by atoms with van der Waals surface area (Å²) in [5.74, 6) is 1.16. The standard InChI is InChI=1S/C22H24N4S2/c1-2-8-17(24-21-26-22(15-27-21)12-5-6-13-22)16(7-1)11-14-23-20-25-18-9-3-4-10-19(18)28-20/h1-4,7-10H,5-6,11-15H2,(H,23,25)(H,24,26). The van der Waals surface area contributed by atoms with E-state index in [2.05, 4.69) is 58.1 Å². The van der Waals surface area contributed by atoms with Crippen LogP contribution in [0.15, 0.2) is 53.5 Å². The van der Waals surface area contributed by atoms with E-state index in [-0.39, 0.29) is 0 Å². The van der Waals surface area contributed by atoms with Crippen LogP contribution < -0.4 is 10.6 Å². The minimum absolute atomic E-state index is 0.312. The van der Waals surface area contributed by atoms with Gasteiger partial charge < -0.3 is 10.6 Å². The Bertz CT molecular complexity index is 971. The van der Waals surface area contributed by atoms with Crippen molar-refractivity contribution >= 4 is 49.3 Å². The van der Waals surface area contributed by atoms with Gasteiger partial charge in [0, 0.05) is 17.8 Å². The molecule has 2 fully saturated rings. The summed E-state index contributed by atoms with van der Waals surface area (Å²) in [6, 6.07) is 16.8. The number of thioether (sulfide) groups is 1. The van der Waals surface area contributed by atoms with Gasteiger partial charge in [0.25, 0.3) is 0 Å². The Labute approximate surface area is 173 Å². The summed E-state index contributed by atoms with van der Waals surface area (Å²) >= 11 is 3.59. The molecule has 1 saturated carbocycles. The van der Waals surface area contributed by atoms with Gasteiger partial charge in [-0.15, -0.1) is 0 Å². The van der Waals surface area contributed by atoms with Gasteiger partial charge in [0.15, 0.2) is 10.3 Å². The van der Waals surface area contributed by atoms with Crippen LogP contribution in [0.25, 0.3) is 10.2 Å². The number of hydrogen-bond donors (Lipinski definition) is 2. The fourth-order valence-electron chi connectivity index (χ4n) is 4.08. The number of nitrogens with zero attached hydrogens (tertiary/aromatic N) is 2. The summed E-state index contributed by atoms with van der Waals surface area (Å²) in [7, 11) is 0. The van der Waals surface area contributed by atoms with Crippen molar-refractivity contribution in [3.8, 4) is 0 Å².